The van der Waals surface area contributed by atoms with Crippen LogP contribution >= 0.6 is 0 Å². The quantitative estimate of drug-likeness (QED) is 0.751. The summed E-state index contributed by atoms with van der Waals surface area (Å²) in [5, 5.41) is 0. The minimum atomic E-state index is -3.34. The fourth-order valence-corrected chi connectivity index (χ4v) is 4.72. The van der Waals surface area contributed by atoms with Gasteiger partial charge in [-0.15, -0.1) is 0 Å². The Morgan fingerprint density at radius 2 is 1.56 bits per heavy atom. The molecule has 106 valence electrons. The maximum Gasteiger partial charge on any atom is 0.279 e. The number of nitrogens with one attached hydrogen (secondary N) is 1. The molecule has 6 heteroatoms. The van der Waals surface area contributed by atoms with E-state index in [-0.39, 0.29) is 0 Å². The van der Waals surface area contributed by atoms with Gasteiger partial charge >= 0.3 is 0 Å². The summed E-state index contributed by atoms with van der Waals surface area (Å²) >= 11 is 0. The van der Waals surface area contributed by atoms with E-state index in [0.29, 0.717) is 19.6 Å². The second kappa shape index (κ2) is 5.86. The standard InChI is InChI=1S/C12H25N3O2S/c13-11-12(7-3-1-2-4-8-12)14-18(16,17)15-9-5-6-10-15/h14H,1-11,13H2. The second-order valence-electron chi connectivity index (χ2n) is 5.61. The molecule has 1 saturated carbocycles. The highest BCUT2D eigenvalue weighted by Gasteiger charge is 2.36. The minimum Gasteiger partial charge on any atom is -0.329 e. The SMILES string of the molecule is NCC1(NS(=O)(=O)N2CCCC2)CCCCCC1. The summed E-state index contributed by atoms with van der Waals surface area (Å²) in [5.74, 6) is 0. The van der Waals surface area contributed by atoms with E-state index >= 15 is 0 Å². The smallest absolute Gasteiger partial charge is 0.279 e. The molecule has 0 atom stereocenters. The van der Waals surface area contributed by atoms with Crippen molar-refractivity contribution in [3.05, 3.63) is 0 Å². The maximum atomic E-state index is 12.3. The Kier molecular flexibility index (Phi) is 4.64. The highest BCUT2D eigenvalue weighted by Crippen LogP contribution is 2.28. The molecule has 1 aliphatic carbocycles. The third-order valence-corrected chi connectivity index (χ3v) is 5.94. The summed E-state index contributed by atoms with van der Waals surface area (Å²) in [6, 6.07) is 0. The number of nitrogens with two attached hydrogens (primary N) is 1. The molecule has 2 rings (SSSR count). The Labute approximate surface area is 110 Å². The fourth-order valence-electron chi connectivity index (χ4n) is 3.02. The molecule has 0 unspecified atom stereocenters. The molecule has 0 aromatic rings. The van der Waals surface area contributed by atoms with Crippen LogP contribution < -0.4 is 10.5 Å². The minimum absolute atomic E-state index is 0.403. The first-order chi connectivity index (χ1) is 8.58. The summed E-state index contributed by atoms with van der Waals surface area (Å²) in [4.78, 5) is 0. The molecular formula is C12H25N3O2S. The molecule has 3 N–H and O–H groups in total. The molecule has 18 heavy (non-hydrogen) atoms. The Balaban J connectivity index is 2.08. The average Bonchev–Trinajstić information content (AvgIpc) is 2.79. The van der Waals surface area contributed by atoms with Crippen molar-refractivity contribution >= 4 is 10.2 Å². The van der Waals surface area contributed by atoms with Crippen LogP contribution in [0.25, 0.3) is 0 Å². The largest absolute Gasteiger partial charge is 0.329 e. The summed E-state index contributed by atoms with van der Waals surface area (Å²) in [6.45, 7) is 1.70. The van der Waals surface area contributed by atoms with Crippen molar-refractivity contribution in [1.29, 1.82) is 0 Å². The Morgan fingerprint density at radius 1 is 1.00 bits per heavy atom. The van der Waals surface area contributed by atoms with Gasteiger partial charge in [-0.1, -0.05) is 25.7 Å². The maximum absolute atomic E-state index is 12.3. The molecule has 0 amide bonds. The number of hydrogen-bond donors (Lipinski definition) is 2. The van der Waals surface area contributed by atoms with E-state index in [1.165, 1.54) is 12.8 Å². The zero-order chi connectivity index (χ0) is 13.1. The number of nitrogens with zero attached hydrogens (tertiary/aromatic N) is 1. The lowest BCUT2D eigenvalue weighted by Crippen LogP contribution is -2.56. The van der Waals surface area contributed by atoms with Gasteiger partial charge in [0.15, 0.2) is 0 Å². The van der Waals surface area contributed by atoms with Crippen molar-refractivity contribution < 1.29 is 8.42 Å². The molecule has 1 saturated heterocycles. The molecule has 0 aromatic carbocycles. The third-order valence-electron chi connectivity index (χ3n) is 4.20. The van der Waals surface area contributed by atoms with Gasteiger partial charge in [0.25, 0.3) is 10.2 Å². The van der Waals surface area contributed by atoms with E-state index in [1.807, 2.05) is 0 Å². The zero-order valence-electron chi connectivity index (χ0n) is 11.0. The molecule has 5 nitrogen and oxygen atoms in total. The summed E-state index contributed by atoms with van der Waals surface area (Å²) in [6.07, 6.45) is 8.19. The highest BCUT2D eigenvalue weighted by atomic mass is 32.2. The van der Waals surface area contributed by atoms with Crippen molar-refractivity contribution in [2.45, 2.75) is 56.9 Å². The molecule has 0 aromatic heterocycles. The van der Waals surface area contributed by atoms with Gasteiger partial charge in [0.2, 0.25) is 0 Å². The van der Waals surface area contributed by atoms with Crippen LogP contribution in [0.3, 0.4) is 0 Å². The lowest BCUT2D eigenvalue weighted by molar-refractivity contribution is 0.329. The van der Waals surface area contributed by atoms with Gasteiger partial charge in [-0.25, -0.2) is 0 Å². The van der Waals surface area contributed by atoms with Crippen LogP contribution in [0.1, 0.15) is 51.4 Å². The number of rotatable bonds is 4. The molecule has 2 fully saturated rings. The fraction of sp³-hybridized carbons (Fsp3) is 1.00. The second-order valence-corrected chi connectivity index (χ2v) is 7.28. The van der Waals surface area contributed by atoms with Gasteiger partial charge in [0.1, 0.15) is 0 Å². The van der Waals surface area contributed by atoms with E-state index in [0.717, 1.165) is 38.5 Å². The van der Waals surface area contributed by atoms with Crippen molar-refractivity contribution in [1.82, 2.24) is 9.03 Å². The predicted octanol–water partition coefficient (Wildman–Crippen LogP) is 0.968. The Bertz CT molecular complexity index is 356. The van der Waals surface area contributed by atoms with Crippen molar-refractivity contribution in [3.8, 4) is 0 Å². The van der Waals surface area contributed by atoms with Crippen molar-refractivity contribution in [3.63, 3.8) is 0 Å². The van der Waals surface area contributed by atoms with Gasteiger partial charge in [-0.2, -0.15) is 17.4 Å². The van der Waals surface area contributed by atoms with Crippen molar-refractivity contribution in [2.75, 3.05) is 19.6 Å². The van der Waals surface area contributed by atoms with Crippen LogP contribution in [-0.2, 0) is 10.2 Å². The molecule has 0 bridgehead atoms. The molecular weight excluding hydrogens is 250 g/mol. The molecule has 0 radical (unpaired) electrons. The van der Waals surface area contributed by atoms with E-state index in [9.17, 15) is 8.42 Å². The Morgan fingerprint density at radius 3 is 2.06 bits per heavy atom. The third kappa shape index (κ3) is 3.23. The molecule has 0 spiro atoms. The van der Waals surface area contributed by atoms with Gasteiger partial charge in [0, 0.05) is 25.2 Å². The highest BCUT2D eigenvalue weighted by molar-refractivity contribution is 7.87. The van der Waals surface area contributed by atoms with Gasteiger partial charge in [-0.05, 0) is 25.7 Å². The predicted molar refractivity (Wildman–Crippen MR) is 72.3 cm³/mol. The first kappa shape index (κ1) is 14.2. The molecule has 1 heterocycles. The van der Waals surface area contributed by atoms with Crippen LogP contribution in [0.15, 0.2) is 0 Å². The van der Waals surface area contributed by atoms with Crippen LogP contribution in [0.4, 0.5) is 0 Å². The molecule has 1 aliphatic heterocycles. The zero-order valence-corrected chi connectivity index (χ0v) is 11.8. The lowest BCUT2D eigenvalue weighted by Gasteiger charge is -2.33. The molecule has 2 aliphatic rings. The van der Waals surface area contributed by atoms with Gasteiger partial charge in [-0.3, -0.25) is 0 Å². The summed E-state index contributed by atoms with van der Waals surface area (Å²) < 4.78 is 29.2. The van der Waals surface area contributed by atoms with Crippen LogP contribution in [0, 0.1) is 0 Å². The first-order valence-corrected chi connectivity index (χ1v) is 8.51. The lowest BCUT2D eigenvalue weighted by atomic mass is 9.92. The van der Waals surface area contributed by atoms with E-state index < -0.39 is 15.7 Å². The summed E-state index contributed by atoms with van der Waals surface area (Å²) in [7, 11) is -3.34. The van der Waals surface area contributed by atoms with Crippen molar-refractivity contribution in [2.24, 2.45) is 5.73 Å². The monoisotopic (exact) mass is 275 g/mol. The van der Waals surface area contributed by atoms with Gasteiger partial charge in [0.05, 0.1) is 0 Å². The van der Waals surface area contributed by atoms with Crippen LogP contribution in [0.5, 0.6) is 0 Å². The average molecular weight is 275 g/mol. The number of hydrogen-bond acceptors (Lipinski definition) is 3. The van der Waals surface area contributed by atoms with Crippen LogP contribution in [0.2, 0.25) is 0 Å². The Hall–Kier alpha value is -0.170. The van der Waals surface area contributed by atoms with Gasteiger partial charge < -0.3 is 5.73 Å². The first-order valence-electron chi connectivity index (χ1n) is 7.07. The van der Waals surface area contributed by atoms with Crippen LogP contribution in [-0.4, -0.2) is 37.9 Å². The topological polar surface area (TPSA) is 75.4 Å². The van der Waals surface area contributed by atoms with E-state index in [1.54, 1.807) is 4.31 Å². The van der Waals surface area contributed by atoms with E-state index in [2.05, 4.69) is 4.72 Å². The normalized spacial score (nSPS) is 26.1. The van der Waals surface area contributed by atoms with E-state index in [4.69, 9.17) is 5.73 Å². The summed E-state index contributed by atoms with van der Waals surface area (Å²) in [5.41, 5.74) is 5.46.